The molecule has 1 unspecified atom stereocenters. The van der Waals surface area contributed by atoms with Crippen LogP contribution < -0.4 is 0 Å². The largest absolute Gasteiger partial charge is 0.508 e. The van der Waals surface area contributed by atoms with Gasteiger partial charge in [0.2, 0.25) is 0 Å². The number of aliphatic hydroxyl groups is 1. The Labute approximate surface area is 161 Å². The number of benzene rings is 3. The van der Waals surface area contributed by atoms with Crippen LogP contribution >= 0.6 is 11.3 Å². The van der Waals surface area contributed by atoms with Gasteiger partial charge in [0.15, 0.2) is 0 Å². The molecular formula is C23H19NO2S. The lowest BCUT2D eigenvalue weighted by molar-refractivity contribution is 0.0814. The Morgan fingerprint density at radius 1 is 0.889 bits per heavy atom. The molecule has 27 heavy (non-hydrogen) atoms. The van der Waals surface area contributed by atoms with Crippen molar-refractivity contribution in [3.63, 3.8) is 0 Å². The van der Waals surface area contributed by atoms with Gasteiger partial charge in [-0.15, -0.1) is 11.3 Å². The third-order valence-electron chi connectivity index (χ3n) is 4.52. The zero-order valence-electron chi connectivity index (χ0n) is 14.6. The van der Waals surface area contributed by atoms with Gasteiger partial charge in [-0.05, 0) is 23.8 Å². The highest BCUT2D eigenvalue weighted by Gasteiger charge is 2.36. The van der Waals surface area contributed by atoms with Crippen LogP contribution in [-0.2, 0) is 5.60 Å². The Kier molecular flexibility index (Phi) is 4.75. The molecule has 0 amide bonds. The van der Waals surface area contributed by atoms with Crippen molar-refractivity contribution in [2.75, 3.05) is 0 Å². The van der Waals surface area contributed by atoms with Crippen LogP contribution in [0.15, 0.2) is 84.9 Å². The number of rotatable bonds is 5. The minimum atomic E-state index is -1.40. The van der Waals surface area contributed by atoms with Gasteiger partial charge in [-0.3, -0.25) is 0 Å². The predicted molar refractivity (Wildman–Crippen MR) is 111 cm³/mol. The molecule has 4 heteroatoms. The molecule has 2 N–H and O–H groups in total. The van der Waals surface area contributed by atoms with E-state index >= 15 is 0 Å². The van der Waals surface area contributed by atoms with Crippen LogP contribution in [0, 0.1) is 0 Å². The smallest absolute Gasteiger partial charge is 0.148 e. The summed E-state index contributed by atoms with van der Waals surface area (Å²) < 4.78 is 1.01. The van der Waals surface area contributed by atoms with Crippen molar-refractivity contribution in [1.82, 2.24) is 4.98 Å². The van der Waals surface area contributed by atoms with E-state index in [-0.39, 0.29) is 5.75 Å². The zero-order valence-corrected chi connectivity index (χ0v) is 15.4. The Hall–Kier alpha value is -2.95. The monoisotopic (exact) mass is 373 g/mol. The lowest BCUT2D eigenvalue weighted by atomic mass is 9.89. The first-order chi connectivity index (χ1) is 13.2. The number of para-hydroxylation sites is 2. The molecule has 0 aliphatic heterocycles. The first-order valence-corrected chi connectivity index (χ1v) is 9.57. The van der Waals surface area contributed by atoms with E-state index in [1.807, 2.05) is 72.8 Å². The van der Waals surface area contributed by atoms with E-state index in [1.165, 1.54) is 11.3 Å². The summed E-state index contributed by atoms with van der Waals surface area (Å²) in [6.45, 7) is 0. The summed E-state index contributed by atoms with van der Waals surface area (Å²) >= 11 is 1.45. The summed E-state index contributed by atoms with van der Waals surface area (Å²) in [6, 6.07) is 24.6. The summed E-state index contributed by atoms with van der Waals surface area (Å²) in [6.07, 6.45) is 4.20. The molecule has 1 heterocycles. The molecule has 134 valence electrons. The number of nitrogens with zero attached hydrogens (tertiary/aromatic N) is 1. The van der Waals surface area contributed by atoms with E-state index in [9.17, 15) is 10.2 Å². The second kappa shape index (κ2) is 7.35. The van der Waals surface area contributed by atoms with E-state index in [0.717, 1.165) is 15.8 Å². The maximum Gasteiger partial charge on any atom is 0.148 e. The highest BCUT2D eigenvalue weighted by Crippen LogP contribution is 2.41. The SMILES string of the molecule is Oc1ccccc1C(O)(C/C=C/c1ccccc1)c1nc2ccccc2s1. The van der Waals surface area contributed by atoms with Crippen LogP contribution in [0.1, 0.15) is 22.6 Å². The third kappa shape index (κ3) is 3.50. The fraction of sp³-hybridized carbons (Fsp3) is 0.0870. The molecule has 0 aliphatic rings. The number of aromatic nitrogens is 1. The van der Waals surface area contributed by atoms with E-state index in [1.54, 1.807) is 18.2 Å². The van der Waals surface area contributed by atoms with Crippen LogP contribution in [0.3, 0.4) is 0 Å². The molecule has 0 aliphatic carbocycles. The van der Waals surface area contributed by atoms with Gasteiger partial charge in [-0.25, -0.2) is 4.98 Å². The van der Waals surface area contributed by atoms with E-state index in [4.69, 9.17) is 0 Å². The van der Waals surface area contributed by atoms with E-state index in [0.29, 0.717) is 17.0 Å². The standard InChI is InChI=1S/C23H19NO2S/c25-20-14-6-4-12-18(20)23(26,16-8-11-17-9-2-1-3-10-17)22-24-19-13-5-7-15-21(19)27-22/h1-15,25-26H,16H2/b11-8+. The van der Waals surface area contributed by atoms with Gasteiger partial charge in [0.25, 0.3) is 0 Å². The molecule has 3 aromatic carbocycles. The molecule has 4 rings (SSSR count). The molecule has 0 radical (unpaired) electrons. The lowest BCUT2D eigenvalue weighted by Gasteiger charge is -2.26. The molecule has 0 spiro atoms. The van der Waals surface area contributed by atoms with Crippen molar-refractivity contribution < 1.29 is 10.2 Å². The molecule has 0 fully saturated rings. The molecular weight excluding hydrogens is 354 g/mol. The summed E-state index contributed by atoms with van der Waals surface area (Å²) in [5.74, 6) is 0.0624. The van der Waals surface area contributed by atoms with Crippen LogP contribution in [-0.4, -0.2) is 15.2 Å². The topological polar surface area (TPSA) is 53.4 Å². The fourth-order valence-corrected chi connectivity index (χ4v) is 4.19. The maximum atomic E-state index is 11.7. The molecule has 3 nitrogen and oxygen atoms in total. The molecule has 4 aromatic rings. The first-order valence-electron chi connectivity index (χ1n) is 8.75. The van der Waals surface area contributed by atoms with Crippen molar-refractivity contribution >= 4 is 27.6 Å². The minimum Gasteiger partial charge on any atom is -0.508 e. The summed E-state index contributed by atoms with van der Waals surface area (Å²) in [5, 5.41) is 22.6. The van der Waals surface area contributed by atoms with Gasteiger partial charge >= 0.3 is 0 Å². The minimum absolute atomic E-state index is 0.0624. The second-order valence-electron chi connectivity index (χ2n) is 6.38. The van der Waals surface area contributed by atoms with Crippen LogP contribution in [0.2, 0.25) is 0 Å². The van der Waals surface area contributed by atoms with E-state index in [2.05, 4.69) is 4.98 Å². The average Bonchev–Trinajstić information content (AvgIpc) is 3.14. The van der Waals surface area contributed by atoms with Gasteiger partial charge in [0.05, 0.1) is 10.2 Å². The van der Waals surface area contributed by atoms with Gasteiger partial charge in [-0.1, -0.05) is 72.8 Å². The van der Waals surface area contributed by atoms with Crippen molar-refractivity contribution in [2.24, 2.45) is 0 Å². The van der Waals surface area contributed by atoms with Crippen LogP contribution in [0.25, 0.3) is 16.3 Å². The third-order valence-corrected chi connectivity index (χ3v) is 5.71. The second-order valence-corrected chi connectivity index (χ2v) is 7.41. The molecule has 1 aromatic heterocycles. The Morgan fingerprint density at radius 2 is 1.59 bits per heavy atom. The number of thiazole rings is 1. The quantitative estimate of drug-likeness (QED) is 0.496. The van der Waals surface area contributed by atoms with Gasteiger partial charge in [0.1, 0.15) is 16.4 Å². The average molecular weight is 373 g/mol. The maximum absolute atomic E-state index is 11.7. The normalized spacial score (nSPS) is 13.8. The number of aromatic hydroxyl groups is 1. The Balaban J connectivity index is 1.77. The highest BCUT2D eigenvalue weighted by atomic mass is 32.1. The number of hydrogen-bond acceptors (Lipinski definition) is 4. The van der Waals surface area contributed by atoms with Gasteiger partial charge in [0, 0.05) is 12.0 Å². The molecule has 1 atom stereocenters. The van der Waals surface area contributed by atoms with Crippen LogP contribution in [0.4, 0.5) is 0 Å². The summed E-state index contributed by atoms with van der Waals surface area (Å²) in [4.78, 5) is 4.65. The number of phenolic OH excluding ortho intramolecular Hbond substituents is 1. The van der Waals surface area contributed by atoms with Crippen molar-refractivity contribution in [1.29, 1.82) is 0 Å². The highest BCUT2D eigenvalue weighted by molar-refractivity contribution is 7.18. The molecule has 0 saturated carbocycles. The Morgan fingerprint density at radius 3 is 2.37 bits per heavy atom. The molecule has 0 bridgehead atoms. The first kappa shape index (κ1) is 17.5. The number of hydrogen-bond donors (Lipinski definition) is 2. The zero-order chi connectivity index (χ0) is 18.7. The van der Waals surface area contributed by atoms with Crippen molar-refractivity contribution in [3.8, 4) is 5.75 Å². The van der Waals surface area contributed by atoms with Gasteiger partial charge < -0.3 is 10.2 Å². The summed E-state index contributed by atoms with van der Waals surface area (Å²) in [7, 11) is 0. The van der Waals surface area contributed by atoms with Crippen molar-refractivity contribution in [2.45, 2.75) is 12.0 Å². The van der Waals surface area contributed by atoms with Crippen LogP contribution in [0.5, 0.6) is 5.75 Å². The predicted octanol–water partition coefficient (Wildman–Crippen LogP) is 5.34. The van der Waals surface area contributed by atoms with E-state index < -0.39 is 5.60 Å². The number of fused-ring (bicyclic) bond motifs is 1. The number of phenols is 1. The lowest BCUT2D eigenvalue weighted by Crippen LogP contribution is -2.26. The Bertz CT molecular complexity index is 1050. The fourth-order valence-electron chi connectivity index (χ4n) is 3.11. The summed E-state index contributed by atoms with van der Waals surface area (Å²) in [5.41, 5.74) is 0.960. The van der Waals surface area contributed by atoms with Crippen molar-refractivity contribution in [3.05, 3.63) is 101 Å². The molecule has 0 saturated heterocycles. The van der Waals surface area contributed by atoms with Gasteiger partial charge in [-0.2, -0.15) is 0 Å².